The van der Waals surface area contributed by atoms with Crippen LogP contribution >= 0.6 is 23.5 Å². The lowest BCUT2D eigenvalue weighted by Crippen LogP contribution is -2.42. The van der Waals surface area contributed by atoms with E-state index in [1.54, 1.807) is 33.3 Å². The molecule has 9 rings (SSSR count). The maximum atomic E-state index is 14.0. The lowest BCUT2D eigenvalue weighted by Gasteiger charge is -2.25. The summed E-state index contributed by atoms with van der Waals surface area (Å²) in [7, 11) is 0. The number of thioether (sulfide) groups is 2. The molecular formula is C40H28N6O2S2. The first kappa shape index (κ1) is 30.2. The monoisotopic (exact) mass is 688 g/mol. The molecule has 5 aromatic rings. The Labute approximate surface area is 297 Å². The summed E-state index contributed by atoms with van der Waals surface area (Å²) >= 11 is 3.13. The first-order chi connectivity index (χ1) is 24.6. The highest BCUT2D eigenvalue weighted by atomic mass is 32.2. The van der Waals surface area contributed by atoms with E-state index in [2.05, 4.69) is 22.8 Å². The van der Waals surface area contributed by atoms with Gasteiger partial charge >= 0.3 is 0 Å². The van der Waals surface area contributed by atoms with Gasteiger partial charge in [0.25, 0.3) is 11.8 Å². The molecule has 0 aliphatic carbocycles. The molecule has 0 bridgehead atoms. The van der Waals surface area contributed by atoms with Gasteiger partial charge in [0.2, 0.25) is 0 Å². The standard InChI is InChI=1S/C40H28N6O2S2/c47-37-31(21-25-13-5-1-6-14-25)41-35(27-17-9-3-10-18-27)45(37)39-43-29-23-34-30(24-33(29)49-39)44-40(50-34)46-36(28-19-11-4-12-20-28)42-32(38(46)48)22-26-15-7-2-8-16-26/h1-24,39-40,43-44H/b31-21-,32-22-. The molecule has 242 valence electrons. The molecule has 4 aliphatic rings. The van der Waals surface area contributed by atoms with E-state index < -0.39 is 11.0 Å². The second-order valence-electron chi connectivity index (χ2n) is 11.9. The number of rotatable bonds is 6. The van der Waals surface area contributed by atoms with Gasteiger partial charge in [0.05, 0.1) is 11.4 Å². The van der Waals surface area contributed by atoms with Gasteiger partial charge in [-0.25, -0.2) is 9.98 Å². The summed E-state index contributed by atoms with van der Waals surface area (Å²) in [6.07, 6.45) is 3.67. The van der Waals surface area contributed by atoms with Crippen LogP contribution < -0.4 is 10.6 Å². The van der Waals surface area contributed by atoms with E-state index >= 15 is 0 Å². The van der Waals surface area contributed by atoms with Crippen LogP contribution in [0.4, 0.5) is 11.4 Å². The fraction of sp³-hybridized carbons (Fsp3) is 0.0500. The summed E-state index contributed by atoms with van der Waals surface area (Å²) in [4.78, 5) is 43.1. The summed E-state index contributed by atoms with van der Waals surface area (Å²) in [6.45, 7) is 0. The minimum absolute atomic E-state index is 0.162. The summed E-state index contributed by atoms with van der Waals surface area (Å²) in [5.41, 5.74) is 5.39. The van der Waals surface area contributed by atoms with Crippen LogP contribution in [0.5, 0.6) is 0 Å². The zero-order chi connectivity index (χ0) is 33.6. The van der Waals surface area contributed by atoms with Crippen molar-refractivity contribution in [3.05, 3.63) is 167 Å². The van der Waals surface area contributed by atoms with Crippen molar-refractivity contribution >= 4 is 70.5 Å². The molecule has 0 saturated carbocycles. The molecule has 10 heteroatoms. The topological polar surface area (TPSA) is 89.4 Å². The van der Waals surface area contributed by atoms with Crippen molar-refractivity contribution in [1.82, 2.24) is 9.80 Å². The molecule has 0 radical (unpaired) electrons. The number of fused-ring (bicyclic) bond motifs is 2. The van der Waals surface area contributed by atoms with E-state index in [1.807, 2.05) is 133 Å². The van der Waals surface area contributed by atoms with Gasteiger partial charge in [-0.2, -0.15) is 0 Å². The summed E-state index contributed by atoms with van der Waals surface area (Å²) < 4.78 is 0. The Kier molecular flexibility index (Phi) is 7.59. The molecule has 8 nitrogen and oxygen atoms in total. The highest BCUT2D eigenvalue weighted by molar-refractivity contribution is 8.01. The fourth-order valence-electron chi connectivity index (χ4n) is 6.27. The quantitative estimate of drug-likeness (QED) is 0.176. The lowest BCUT2D eigenvalue weighted by molar-refractivity contribution is -0.123. The van der Waals surface area contributed by atoms with Gasteiger partial charge in [0, 0.05) is 20.9 Å². The maximum absolute atomic E-state index is 14.0. The summed E-state index contributed by atoms with van der Waals surface area (Å²) in [5.74, 6) is 0.890. The minimum atomic E-state index is -0.399. The van der Waals surface area contributed by atoms with E-state index in [-0.39, 0.29) is 11.8 Å². The number of amides is 2. The number of carbonyl (C=O) groups excluding carboxylic acids is 2. The SMILES string of the molecule is O=C1/C(=C/c2ccccc2)N=C(c2ccccc2)N1C1Nc2cc3c(cc2S1)NC(N1C(=O)/C(=C/c2ccccc2)N=C1c1ccccc1)S3. The van der Waals surface area contributed by atoms with Gasteiger partial charge in [0.15, 0.2) is 11.0 Å². The number of nitrogens with zero attached hydrogens (tertiary/aromatic N) is 4. The molecule has 4 aliphatic heterocycles. The Balaban J connectivity index is 0.988. The summed E-state index contributed by atoms with van der Waals surface area (Å²) in [5, 5.41) is 7.18. The predicted octanol–water partition coefficient (Wildman–Crippen LogP) is 7.95. The van der Waals surface area contributed by atoms with Gasteiger partial charge in [0.1, 0.15) is 23.1 Å². The van der Waals surface area contributed by atoms with E-state index in [1.165, 1.54) is 0 Å². The highest BCUT2D eigenvalue weighted by Gasteiger charge is 2.43. The number of hydrogen-bond acceptors (Lipinski definition) is 8. The largest absolute Gasteiger partial charge is 0.355 e. The van der Waals surface area contributed by atoms with Crippen molar-refractivity contribution in [2.75, 3.05) is 10.6 Å². The third-order valence-corrected chi connectivity index (χ3v) is 10.9. The Morgan fingerprint density at radius 3 is 1.26 bits per heavy atom. The number of aliphatic imine (C=N–C) groups is 2. The average Bonchev–Trinajstić information content (AvgIpc) is 3.92. The average molecular weight is 689 g/mol. The van der Waals surface area contributed by atoms with E-state index in [4.69, 9.17) is 9.98 Å². The van der Waals surface area contributed by atoms with Crippen LogP contribution in [0.15, 0.2) is 165 Å². The molecule has 0 saturated heterocycles. The van der Waals surface area contributed by atoms with Crippen molar-refractivity contribution in [2.45, 2.75) is 20.8 Å². The third-order valence-electron chi connectivity index (χ3n) is 8.64. The first-order valence-electron chi connectivity index (χ1n) is 16.1. The van der Waals surface area contributed by atoms with Crippen molar-refractivity contribution in [3.8, 4) is 0 Å². The minimum Gasteiger partial charge on any atom is -0.355 e. The van der Waals surface area contributed by atoms with Crippen molar-refractivity contribution in [2.24, 2.45) is 9.98 Å². The van der Waals surface area contributed by atoms with Gasteiger partial charge < -0.3 is 10.6 Å². The first-order valence-corrected chi connectivity index (χ1v) is 17.9. The number of benzene rings is 5. The van der Waals surface area contributed by atoms with Crippen molar-refractivity contribution < 1.29 is 9.59 Å². The van der Waals surface area contributed by atoms with Crippen LogP contribution in [0.1, 0.15) is 22.3 Å². The Hall–Kier alpha value is -5.84. The molecule has 0 spiro atoms. The maximum Gasteiger partial charge on any atom is 0.280 e. The molecule has 5 aromatic carbocycles. The molecule has 2 N–H and O–H groups in total. The highest BCUT2D eigenvalue weighted by Crippen LogP contribution is 2.50. The Morgan fingerprint density at radius 2 is 0.880 bits per heavy atom. The number of carbonyl (C=O) groups is 2. The number of anilines is 2. The smallest absolute Gasteiger partial charge is 0.280 e. The fourth-order valence-corrected chi connectivity index (χ4v) is 8.59. The van der Waals surface area contributed by atoms with Crippen molar-refractivity contribution in [1.29, 1.82) is 0 Å². The van der Waals surface area contributed by atoms with E-state index in [0.717, 1.165) is 43.4 Å². The Morgan fingerprint density at radius 1 is 0.520 bits per heavy atom. The molecule has 2 amide bonds. The van der Waals surface area contributed by atoms with Crippen LogP contribution in [-0.4, -0.2) is 44.3 Å². The third kappa shape index (κ3) is 5.48. The van der Waals surface area contributed by atoms with E-state index in [0.29, 0.717) is 23.1 Å². The zero-order valence-corrected chi connectivity index (χ0v) is 28.1. The summed E-state index contributed by atoms with van der Waals surface area (Å²) in [6, 6.07) is 43.3. The second kappa shape index (κ2) is 12.6. The van der Waals surface area contributed by atoms with Gasteiger partial charge in [-0.05, 0) is 35.4 Å². The van der Waals surface area contributed by atoms with Crippen LogP contribution in [0.2, 0.25) is 0 Å². The zero-order valence-electron chi connectivity index (χ0n) is 26.4. The normalized spacial score (nSPS) is 20.9. The van der Waals surface area contributed by atoms with E-state index in [9.17, 15) is 9.59 Å². The van der Waals surface area contributed by atoms with Crippen LogP contribution in [0, 0.1) is 0 Å². The number of amidine groups is 2. The lowest BCUT2D eigenvalue weighted by atomic mass is 10.2. The predicted molar refractivity (Wildman–Crippen MR) is 201 cm³/mol. The molecule has 4 heterocycles. The molecule has 2 atom stereocenters. The van der Waals surface area contributed by atoms with Crippen LogP contribution in [0.3, 0.4) is 0 Å². The van der Waals surface area contributed by atoms with Gasteiger partial charge in [-0.15, -0.1) is 0 Å². The number of nitrogens with one attached hydrogen (secondary N) is 2. The van der Waals surface area contributed by atoms with Gasteiger partial charge in [-0.1, -0.05) is 145 Å². The number of hydrogen-bond donors (Lipinski definition) is 2. The van der Waals surface area contributed by atoms with Crippen molar-refractivity contribution in [3.63, 3.8) is 0 Å². The van der Waals surface area contributed by atoms with Crippen LogP contribution in [-0.2, 0) is 9.59 Å². The molecule has 0 aromatic heterocycles. The molecule has 2 unspecified atom stereocenters. The molecular weight excluding hydrogens is 661 g/mol. The second-order valence-corrected chi connectivity index (χ2v) is 14.2. The molecule has 0 fully saturated rings. The Bertz CT molecular complexity index is 2080. The van der Waals surface area contributed by atoms with Gasteiger partial charge in [-0.3, -0.25) is 19.4 Å². The molecule has 50 heavy (non-hydrogen) atoms. The van der Waals surface area contributed by atoms with Crippen LogP contribution in [0.25, 0.3) is 12.2 Å².